The normalized spacial score (nSPS) is 14.5. The molecule has 1 rings (SSSR count). The zero-order valence-corrected chi connectivity index (χ0v) is 18.7. The van der Waals surface area contributed by atoms with Crippen LogP contribution in [0.4, 0.5) is 0 Å². The Morgan fingerprint density at radius 2 is 1.48 bits per heavy atom. The summed E-state index contributed by atoms with van der Waals surface area (Å²) in [5, 5.41) is 25.9. The van der Waals surface area contributed by atoms with E-state index in [1.165, 1.54) is 19.1 Å². The van der Waals surface area contributed by atoms with Crippen molar-refractivity contribution in [1.82, 2.24) is 16.0 Å². The Hall–Kier alpha value is -3.67. The molecule has 0 heterocycles. The molecule has 0 spiro atoms. The van der Waals surface area contributed by atoms with Gasteiger partial charge in [-0.25, -0.2) is 4.79 Å². The largest absolute Gasteiger partial charge is 0.508 e. The Morgan fingerprint density at radius 1 is 0.909 bits per heavy atom. The molecule has 4 amide bonds. The average Bonchev–Trinajstić information content (AvgIpc) is 2.71. The number of nitrogens with two attached hydrogens (primary N) is 2. The minimum Gasteiger partial charge on any atom is -0.508 e. The number of hydrogen-bond donors (Lipinski definition) is 7. The molecule has 182 valence electrons. The summed E-state index contributed by atoms with van der Waals surface area (Å²) in [6.45, 7) is 4.62. The van der Waals surface area contributed by atoms with Gasteiger partial charge in [0.1, 0.15) is 23.9 Å². The van der Waals surface area contributed by atoms with E-state index in [2.05, 4.69) is 16.0 Å². The molecule has 0 aliphatic rings. The van der Waals surface area contributed by atoms with E-state index in [0.29, 0.717) is 5.56 Å². The van der Waals surface area contributed by atoms with Crippen LogP contribution in [0.3, 0.4) is 0 Å². The van der Waals surface area contributed by atoms with Crippen molar-refractivity contribution >= 4 is 29.6 Å². The molecule has 9 N–H and O–H groups in total. The highest BCUT2D eigenvalue weighted by Crippen LogP contribution is 2.12. The van der Waals surface area contributed by atoms with Gasteiger partial charge >= 0.3 is 5.97 Å². The van der Waals surface area contributed by atoms with Crippen LogP contribution in [0.5, 0.6) is 5.75 Å². The number of carbonyl (C=O) groups is 5. The molecule has 12 nitrogen and oxygen atoms in total. The van der Waals surface area contributed by atoms with Crippen molar-refractivity contribution in [2.24, 2.45) is 17.4 Å². The third-order valence-corrected chi connectivity index (χ3v) is 4.75. The number of benzene rings is 1. The minimum absolute atomic E-state index is 0.00991. The maximum Gasteiger partial charge on any atom is 0.326 e. The quantitative estimate of drug-likeness (QED) is 0.189. The second-order valence-electron chi connectivity index (χ2n) is 8.01. The van der Waals surface area contributed by atoms with E-state index >= 15 is 0 Å². The fourth-order valence-electron chi connectivity index (χ4n) is 2.84. The van der Waals surface area contributed by atoms with Gasteiger partial charge in [0.2, 0.25) is 23.6 Å². The van der Waals surface area contributed by atoms with Crippen molar-refractivity contribution in [3.63, 3.8) is 0 Å². The summed E-state index contributed by atoms with van der Waals surface area (Å²) in [5.74, 6) is -4.63. The topological polar surface area (TPSA) is 214 Å². The van der Waals surface area contributed by atoms with Crippen LogP contribution in [0, 0.1) is 5.92 Å². The summed E-state index contributed by atoms with van der Waals surface area (Å²) >= 11 is 0. The monoisotopic (exact) mass is 465 g/mol. The summed E-state index contributed by atoms with van der Waals surface area (Å²) in [5.41, 5.74) is 11.3. The lowest BCUT2D eigenvalue weighted by molar-refractivity contribution is -0.143. The van der Waals surface area contributed by atoms with Gasteiger partial charge in [0.05, 0.1) is 12.5 Å². The maximum absolute atomic E-state index is 12.9. The summed E-state index contributed by atoms with van der Waals surface area (Å²) in [6, 6.07) is 1.17. The van der Waals surface area contributed by atoms with Gasteiger partial charge in [-0.2, -0.15) is 0 Å². The van der Waals surface area contributed by atoms with E-state index in [4.69, 9.17) is 11.5 Å². The van der Waals surface area contributed by atoms with E-state index in [9.17, 15) is 34.2 Å². The summed E-state index contributed by atoms with van der Waals surface area (Å²) in [4.78, 5) is 59.9. The first-order valence-corrected chi connectivity index (χ1v) is 10.3. The lowest BCUT2D eigenvalue weighted by Crippen LogP contribution is -2.57. The number of carboxylic acids is 1. The number of amides is 4. The standard InChI is InChI=1S/C21H31N5O7/c1-10(2)17(21(32)33)26-18(29)11(3)24-20(31)15(8-12-4-6-13(27)7-5-12)25-19(30)14(22)9-16(23)28/h4-7,10-11,14-15,17,27H,8-9,22H2,1-3H3,(H2,23,28)(H,24,31)(H,25,30)(H,26,29)(H,32,33). The van der Waals surface area contributed by atoms with E-state index in [1.807, 2.05) is 0 Å². The van der Waals surface area contributed by atoms with Crippen molar-refractivity contribution in [2.45, 2.75) is 57.8 Å². The van der Waals surface area contributed by atoms with Crippen LogP contribution in [-0.4, -0.2) is 64.0 Å². The molecule has 1 aromatic carbocycles. The van der Waals surface area contributed by atoms with Gasteiger partial charge < -0.3 is 37.6 Å². The Morgan fingerprint density at radius 3 is 1.97 bits per heavy atom. The van der Waals surface area contributed by atoms with Gasteiger partial charge in [-0.15, -0.1) is 0 Å². The summed E-state index contributed by atoms with van der Waals surface area (Å²) in [7, 11) is 0. The smallest absolute Gasteiger partial charge is 0.326 e. The number of aromatic hydroxyl groups is 1. The first-order valence-electron chi connectivity index (χ1n) is 10.3. The van der Waals surface area contributed by atoms with Crippen LogP contribution in [0.1, 0.15) is 32.8 Å². The fraction of sp³-hybridized carbons (Fsp3) is 0.476. The van der Waals surface area contributed by atoms with Gasteiger partial charge in [0.15, 0.2) is 0 Å². The number of carboxylic acid groups (broad SMARTS) is 1. The second-order valence-corrected chi connectivity index (χ2v) is 8.01. The van der Waals surface area contributed by atoms with E-state index < -0.39 is 60.2 Å². The Bertz CT molecular complexity index is 872. The Kier molecular flexibility index (Phi) is 10.3. The molecule has 4 atom stereocenters. The zero-order chi connectivity index (χ0) is 25.3. The van der Waals surface area contributed by atoms with E-state index in [1.54, 1.807) is 26.0 Å². The number of rotatable bonds is 12. The van der Waals surface area contributed by atoms with Crippen molar-refractivity contribution in [1.29, 1.82) is 0 Å². The Balaban J connectivity index is 2.96. The lowest BCUT2D eigenvalue weighted by Gasteiger charge is -2.24. The van der Waals surface area contributed by atoms with Gasteiger partial charge in [-0.05, 0) is 30.5 Å². The van der Waals surface area contributed by atoms with Crippen LogP contribution >= 0.6 is 0 Å². The average molecular weight is 466 g/mol. The third-order valence-electron chi connectivity index (χ3n) is 4.75. The fourth-order valence-corrected chi connectivity index (χ4v) is 2.84. The molecule has 0 aliphatic carbocycles. The highest BCUT2D eigenvalue weighted by Gasteiger charge is 2.29. The molecular formula is C21H31N5O7. The highest BCUT2D eigenvalue weighted by atomic mass is 16.4. The van der Waals surface area contributed by atoms with Crippen molar-refractivity contribution in [2.75, 3.05) is 0 Å². The van der Waals surface area contributed by atoms with Crippen molar-refractivity contribution in [3.8, 4) is 5.75 Å². The molecular weight excluding hydrogens is 434 g/mol. The van der Waals surface area contributed by atoms with Crippen LogP contribution in [-0.2, 0) is 30.4 Å². The SMILES string of the molecule is CC(NC(=O)C(Cc1ccc(O)cc1)NC(=O)C(N)CC(N)=O)C(=O)NC(C(=O)O)C(C)C. The maximum atomic E-state index is 12.9. The number of nitrogens with one attached hydrogen (secondary N) is 3. The van der Waals surface area contributed by atoms with Crippen LogP contribution in [0.25, 0.3) is 0 Å². The van der Waals surface area contributed by atoms with Crippen molar-refractivity contribution in [3.05, 3.63) is 29.8 Å². The number of hydrogen-bond acceptors (Lipinski definition) is 7. The minimum atomic E-state index is -1.28. The molecule has 12 heteroatoms. The van der Waals surface area contributed by atoms with Crippen molar-refractivity contribution < 1.29 is 34.2 Å². The molecule has 0 radical (unpaired) electrons. The van der Waals surface area contributed by atoms with Gasteiger partial charge in [0, 0.05) is 6.42 Å². The number of phenols is 1. The van der Waals surface area contributed by atoms with Gasteiger partial charge in [-0.3, -0.25) is 19.2 Å². The summed E-state index contributed by atoms with van der Waals surface area (Å²) < 4.78 is 0. The van der Waals surface area contributed by atoms with Crippen LogP contribution < -0.4 is 27.4 Å². The molecule has 0 fully saturated rings. The zero-order valence-electron chi connectivity index (χ0n) is 18.7. The number of primary amides is 1. The first-order chi connectivity index (χ1) is 15.3. The van der Waals surface area contributed by atoms with E-state index in [0.717, 1.165) is 0 Å². The first kappa shape index (κ1) is 27.4. The third kappa shape index (κ3) is 9.15. The molecule has 4 unspecified atom stereocenters. The highest BCUT2D eigenvalue weighted by molar-refractivity contribution is 5.95. The molecule has 0 saturated carbocycles. The summed E-state index contributed by atoms with van der Waals surface area (Å²) in [6.07, 6.45) is -0.441. The molecule has 0 aromatic heterocycles. The molecule has 0 saturated heterocycles. The second kappa shape index (κ2) is 12.4. The number of aliphatic carboxylic acids is 1. The molecule has 0 aliphatic heterocycles. The Labute approximate surface area is 191 Å². The van der Waals surface area contributed by atoms with Crippen LogP contribution in [0.2, 0.25) is 0 Å². The molecule has 33 heavy (non-hydrogen) atoms. The van der Waals surface area contributed by atoms with Gasteiger partial charge in [-0.1, -0.05) is 26.0 Å². The van der Waals surface area contributed by atoms with Gasteiger partial charge in [0.25, 0.3) is 0 Å². The number of phenolic OH excluding ortho intramolecular Hbond substituents is 1. The predicted molar refractivity (Wildman–Crippen MR) is 118 cm³/mol. The molecule has 1 aromatic rings. The lowest BCUT2D eigenvalue weighted by atomic mass is 10.0. The van der Waals surface area contributed by atoms with Crippen LogP contribution in [0.15, 0.2) is 24.3 Å². The molecule has 0 bridgehead atoms. The predicted octanol–water partition coefficient (Wildman–Crippen LogP) is -1.65. The number of carbonyl (C=O) groups excluding carboxylic acids is 4. The van der Waals surface area contributed by atoms with E-state index in [-0.39, 0.29) is 18.1 Å².